The highest BCUT2D eigenvalue weighted by Gasteiger charge is 2.40. The molecule has 0 saturated carbocycles. The first-order chi connectivity index (χ1) is 6.05. The molecule has 0 spiro atoms. The van der Waals surface area contributed by atoms with Crippen molar-refractivity contribution in [3.8, 4) is 0 Å². The Hall–Kier alpha value is -0.163. The summed E-state index contributed by atoms with van der Waals surface area (Å²) in [6.07, 6.45) is 2.72. The van der Waals surface area contributed by atoms with Gasteiger partial charge in [0.15, 0.2) is 0 Å². The van der Waals surface area contributed by atoms with Crippen LogP contribution in [0.1, 0.15) is 13.3 Å². The minimum absolute atomic E-state index is 0.0402. The van der Waals surface area contributed by atoms with Crippen LogP contribution in [0.3, 0.4) is 0 Å². The Morgan fingerprint density at radius 1 is 1.46 bits per heavy atom. The molecule has 0 saturated heterocycles. The first-order valence-electron chi connectivity index (χ1n) is 4.54. The minimum atomic E-state index is -2.11. The molecule has 4 heteroatoms. The molecule has 0 aromatic rings. The maximum atomic E-state index is 5.92. The molecule has 13 heavy (non-hydrogen) atoms. The molecule has 0 aliphatic rings. The second-order valence-corrected chi connectivity index (χ2v) is 6.84. The van der Waals surface area contributed by atoms with Crippen LogP contribution in [0, 0.1) is 0 Å². The van der Waals surface area contributed by atoms with Gasteiger partial charge in [-0.2, -0.15) is 0 Å². The third-order valence-corrected chi connectivity index (χ3v) is 6.42. The van der Waals surface area contributed by atoms with Crippen molar-refractivity contribution in [2.24, 2.45) is 5.73 Å². The highest BCUT2D eigenvalue weighted by atomic mass is 28.4. The Labute approximate surface area is 82.2 Å². The zero-order valence-corrected chi connectivity index (χ0v) is 10.0. The molecule has 0 amide bonds. The number of hydrogen-bond donors (Lipinski definition) is 1. The Kier molecular flexibility index (Phi) is 5.47. The molecule has 3 nitrogen and oxygen atoms in total. The van der Waals surface area contributed by atoms with Crippen molar-refractivity contribution >= 4 is 8.56 Å². The standard InChI is InChI=1S/C9H21NO2Si/c1-6-8(10)9(7-2)13(5,11-3)12-4/h6,8-9H,1,7,10H2,2-5H3. The summed E-state index contributed by atoms with van der Waals surface area (Å²) >= 11 is 0. The van der Waals surface area contributed by atoms with Crippen LogP contribution in [0.25, 0.3) is 0 Å². The fraction of sp³-hybridized carbons (Fsp3) is 0.778. The smallest absolute Gasteiger partial charge is 0.339 e. The van der Waals surface area contributed by atoms with Crippen molar-refractivity contribution in [2.75, 3.05) is 14.2 Å². The molecule has 2 atom stereocenters. The van der Waals surface area contributed by atoms with E-state index in [0.717, 1.165) is 6.42 Å². The summed E-state index contributed by atoms with van der Waals surface area (Å²) < 4.78 is 10.9. The van der Waals surface area contributed by atoms with Gasteiger partial charge < -0.3 is 14.6 Å². The first kappa shape index (κ1) is 12.8. The summed E-state index contributed by atoms with van der Waals surface area (Å²) in [4.78, 5) is 0. The van der Waals surface area contributed by atoms with E-state index in [9.17, 15) is 0 Å². The van der Waals surface area contributed by atoms with Gasteiger partial charge >= 0.3 is 8.56 Å². The molecule has 0 aromatic carbocycles. The van der Waals surface area contributed by atoms with E-state index in [0.29, 0.717) is 0 Å². The van der Waals surface area contributed by atoms with Crippen LogP contribution in [0.15, 0.2) is 12.7 Å². The van der Waals surface area contributed by atoms with Gasteiger partial charge in [-0.25, -0.2) is 0 Å². The average Bonchev–Trinajstić information content (AvgIpc) is 2.18. The Morgan fingerprint density at radius 3 is 2.15 bits per heavy atom. The second-order valence-electron chi connectivity index (χ2n) is 3.25. The van der Waals surface area contributed by atoms with Gasteiger partial charge in [0.25, 0.3) is 0 Å². The van der Waals surface area contributed by atoms with E-state index in [1.54, 1.807) is 20.3 Å². The SMILES string of the molecule is C=CC(N)C(CC)[Si](C)(OC)OC. The number of rotatable bonds is 6. The van der Waals surface area contributed by atoms with E-state index in [2.05, 4.69) is 13.5 Å². The van der Waals surface area contributed by atoms with Crippen molar-refractivity contribution in [2.45, 2.75) is 31.5 Å². The van der Waals surface area contributed by atoms with E-state index < -0.39 is 8.56 Å². The maximum Gasteiger partial charge on any atom is 0.339 e. The van der Waals surface area contributed by atoms with Crippen LogP contribution in [0.2, 0.25) is 12.1 Å². The van der Waals surface area contributed by atoms with Crippen molar-refractivity contribution in [1.82, 2.24) is 0 Å². The molecular weight excluding hydrogens is 182 g/mol. The fourth-order valence-electron chi connectivity index (χ4n) is 1.54. The predicted octanol–water partition coefficient (Wildman–Crippen LogP) is 1.64. The van der Waals surface area contributed by atoms with E-state index in [4.69, 9.17) is 14.6 Å². The van der Waals surface area contributed by atoms with E-state index >= 15 is 0 Å². The Balaban J connectivity index is 4.61. The van der Waals surface area contributed by atoms with Gasteiger partial charge in [-0.3, -0.25) is 0 Å². The molecule has 0 radical (unpaired) electrons. The highest BCUT2D eigenvalue weighted by Crippen LogP contribution is 2.29. The van der Waals surface area contributed by atoms with Crippen molar-refractivity contribution < 1.29 is 8.85 Å². The summed E-state index contributed by atoms with van der Waals surface area (Å²) in [5.74, 6) is 0. The molecule has 0 bridgehead atoms. The lowest BCUT2D eigenvalue weighted by Crippen LogP contribution is -2.48. The molecule has 78 valence electrons. The lowest BCUT2D eigenvalue weighted by molar-refractivity contribution is 0.231. The van der Waals surface area contributed by atoms with Gasteiger partial charge in [-0.1, -0.05) is 13.0 Å². The Morgan fingerprint density at radius 2 is 1.92 bits per heavy atom. The van der Waals surface area contributed by atoms with Crippen molar-refractivity contribution in [3.63, 3.8) is 0 Å². The molecule has 0 aliphatic heterocycles. The molecule has 0 aliphatic carbocycles. The number of hydrogen-bond acceptors (Lipinski definition) is 3. The van der Waals surface area contributed by atoms with Crippen LogP contribution in [0.5, 0.6) is 0 Å². The molecule has 0 rings (SSSR count). The molecule has 2 unspecified atom stereocenters. The van der Waals surface area contributed by atoms with Crippen LogP contribution in [0.4, 0.5) is 0 Å². The molecule has 0 fully saturated rings. The zero-order chi connectivity index (χ0) is 10.5. The van der Waals surface area contributed by atoms with E-state index in [-0.39, 0.29) is 11.6 Å². The lowest BCUT2D eigenvalue weighted by atomic mass is 10.2. The van der Waals surface area contributed by atoms with Gasteiger partial charge in [0.1, 0.15) is 0 Å². The summed E-state index contributed by atoms with van der Waals surface area (Å²) in [6.45, 7) is 7.82. The van der Waals surface area contributed by atoms with Gasteiger partial charge in [-0.05, 0) is 13.0 Å². The summed E-state index contributed by atoms with van der Waals surface area (Å²) in [5, 5.41) is 0. The predicted molar refractivity (Wildman–Crippen MR) is 57.8 cm³/mol. The van der Waals surface area contributed by atoms with Crippen LogP contribution in [-0.2, 0) is 8.85 Å². The first-order valence-corrected chi connectivity index (χ1v) is 6.93. The van der Waals surface area contributed by atoms with Crippen LogP contribution >= 0.6 is 0 Å². The van der Waals surface area contributed by atoms with Gasteiger partial charge in [-0.15, -0.1) is 6.58 Å². The fourth-order valence-corrected chi connectivity index (χ4v) is 3.89. The molecular formula is C9H21NO2Si. The minimum Gasteiger partial charge on any atom is -0.398 e. The lowest BCUT2D eigenvalue weighted by Gasteiger charge is -2.33. The van der Waals surface area contributed by atoms with Crippen LogP contribution in [-0.4, -0.2) is 28.8 Å². The largest absolute Gasteiger partial charge is 0.398 e. The van der Waals surface area contributed by atoms with Crippen molar-refractivity contribution in [1.29, 1.82) is 0 Å². The number of nitrogens with two attached hydrogens (primary N) is 1. The van der Waals surface area contributed by atoms with Gasteiger partial charge in [0.2, 0.25) is 0 Å². The third kappa shape index (κ3) is 2.91. The third-order valence-electron chi connectivity index (χ3n) is 2.66. The average molecular weight is 203 g/mol. The Bertz CT molecular complexity index is 160. The van der Waals surface area contributed by atoms with Gasteiger partial charge in [0, 0.05) is 25.8 Å². The van der Waals surface area contributed by atoms with Crippen LogP contribution < -0.4 is 5.73 Å². The van der Waals surface area contributed by atoms with E-state index in [1.165, 1.54) is 0 Å². The van der Waals surface area contributed by atoms with Crippen molar-refractivity contribution in [3.05, 3.63) is 12.7 Å². The summed E-state index contributed by atoms with van der Waals surface area (Å²) in [5.41, 5.74) is 6.19. The zero-order valence-electron chi connectivity index (χ0n) is 9.04. The topological polar surface area (TPSA) is 44.5 Å². The van der Waals surface area contributed by atoms with Gasteiger partial charge in [0.05, 0.1) is 0 Å². The summed E-state index contributed by atoms with van der Waals surface area (Å²) in [6, 6.07) is -0.0402. The second kappa shape index (κ2) is 5.54. The molecule has 0 heterocycles. The normalized spacial score (nSPS) is 16.7. The quantitative estimate of drug-likeness (QED) is 0.527. The maximum absolute atomic E-state index is 5.92. The molecule has 2 N–H and O–H groups in total. The van der Waals surface area contributed by atoms with E-state index in [1.807, 2.05) is 6.55 Å². The highest BCUT2D eigenvalue weighted by molar-refractivity contribution is 6.67. The monoisotopic (exact) mass is 203 g/mol. The molecule has 0 aromatic heterocycles. The summed E-state index contributed by atoms with van der Waals surface area (Å²) in [7, 11) is 1.27.